The van der Waals surface area contributed by atoms with Crippen LogP contribution in [0, 0.1) is 0 Å². The summed E-state index contributed by atoms with van der Waals surface area (Å²) in [6.45, 7) is 0. The fraction of sp³-hybridized carbons (Fsp3) is 0.364. The number of ether oxygens (including phenoxy) is 1. The lowest BCUT2D eigenvalue weighted by atomic mass is 9.86. The molecule has 6 heteroatoms. The van der Waals surface area contributed by atoms with Gasteiger partial charge in [0.2, 0.25) is 5.88 Å². The third kappa shape index (κ3) is 3.19. The molecule has 1 aromatic carbocycles. The maximum Gasteiger partial charge on any atom is 0.213 e. The summed E-state index contributed by atoms with van der Waals surface area (Å²) in [5, 5.41) is 8.89. The Kier molecular flexibility index (Phi) is 4.39. The molecule has 3 heterocycles. The fourth-order valence-electron chi connectivity index (χ4n) is 4.33. The first kappa shape index (κ1) is 17.1. The third-order valence-electron chi connectivity index (χ3n) is 5.70. The Morgan fingerprint density at radius 1 is 0.929 bits per heavy atom. The number of ketones is 1. The number of hydrogen-bond donors (Lipinski definition) is 0. The van der Waals surface area contributed by atoms with Gasteiger partial charge in [-0.1, -0.05) is 24.3 Å². The highest BCUT2D eigenvalue weighted by Gasteiger charge is 2.31. The smallest absolute Gasteiger partial charge is 0.213 e. The summed E-state index contributed by atoms with van der Waals surface area (Å²) in [7, 11) is 0. The van der Waals surface area contributed by atoms with E-state index in [-0.39, 0.29) is 11.9 Å². The lowest BCUT2D eigenvalue weighted by Gasteiger charge is -2.28. The van der Waals surface area contributed by atoms with E-state index in [0.29, 0.717) is 24.6 Å². The van der Waals surface area contributed by atoms with Gasteiger partial charge in [0.1, 0.15) is 23.5 Å². The third-order valence-corrected chi connectivity index (χ3v) is 5.70. The number of carbonyl (C=O) groups excluding carboxylic acids is 1. The first-order chi connectivity index (χ1) is 13.8. The van der Waals surface area contributed by atoms with Gasteiger partial charge >= 0.3 is 0 Å². The van der Waals surface area contributed by atoms with Crippen molar-refractivity contribution in [2.45, 2.75) is 50.5 Å². The second-order valence-corrected chi connectivity index (χ2v) is 7.59. The number of nitrogens with zero attached hydrogens (tertiary/aromatic N) is 4. The SMILES string of the molecule is O=C1Cc2ccccc2-n2c(nnc2[C@H]2CC[C@H](Oc3ccccn3)CC2)C1. The quantitative estimate of drug-likeness (QED) is 0.702. The van der Waals surface area contributed by atoms with Crippen molar-refractivity contribution in [2.24, 2.45) is 0 Å². The zero-order valence-electron chi connectivity index (χ0n) is 15.6. The Hall–Kier alpha value is -3.02. The molecule has 0 saturated heterocycles. The van der Waals surface area contributed by atoms with Crippen LogP contribution >= 0.6 is 0 Å². The summed E-state index contributed by atoms with van der Waals surface area (Å²) in [6.07, 6.45) is 6.66. The van der Waals surface area contributed by atoms with Crippen molar-refractivity contribution in [3.63, 3.8) is 0 Å². The molecule has 1 fully saturated rings. The first-order valence-corrected chi connectivity index (χ1v) is 9.90. The average molecular weight is 374 g/mol. The summed E-state index contributed by atoms with van der Waals surface area (Å²) in [5.74, 6) is 2.95. The van der Waals surface area contributed by atoms with Crippen LogP contribution in [0.3, 0.4) is 0 Å². The van der Waals surface area contributed by atoms with Gasteiger partial charge in [0.15, 0.2) is 0 Å². The van der Waals surface area contributed by atoms with Crippen molar-refractivity contribution in [1.82, 2.24) is 19.7 Å². The van der Waals surface area contributed by atoms with Crippen LogP contribution in [0.2, 0.25) is 0 Å². The Labute approximate surface area is 163 Å². The van der Waals surface area contributed by atoms with Gasteiger partial charge in [-0.05, 0) is 43.4 Å². The van der Waals surface area contributed by atoms with Gasteiger partial charge in [-0.15, -0.1) is 10.2 Å². The van der Waals surface area contributed by atoms with E-state index in [9.17, 15) is 4.79 Å². The summed E-state index contributed by atoms with van der Waals surface area (Å²) >= 11 is 0. The molecule has 28 heavy (non-hydrogen) atoms. The number of pyridine rings is 1. The van der Waals surface area contributed by atoms with Crippen molar-refractivity contribution in [1.29, 1.82) is 0 Å². The minimum absolute atomic E-state index is 0.187. The van der Waals surface area contributed by atoms with Crippen LogP contribution in [-0.2, 0) is 17.6 Å². The Morgan fingerprint density at radius 3 is 2.57 bits per heavy atom. The van der Waals surface area contributed by atoms with Crippen LogP contribution in [0.4, 0.5) is 0 Å². The summed E-state index contributed by atoms with van der Waals surface area (Å²) in [4.78, 5) is 16.6. The van der Waals surface area contributed by atoms with Crippen LogP contribution in [0.1, 0.15) is 48.8 Å². The molecular weight excluding hydrogens is 352 g/mol. The Balaban J connectivity index is 1.38. The molecular formula is C22H22N4O2. The molecule has 0 amide bonds. The summed E-state index contributed by atoms with van der Waals surface area (Å²) < 4.78 is 8.16. The van der Waals surface area contributed by atoms with E-state index in [0.717, 1.165) is 48.6 Å². The molecule has 0 atom stereocenters. The van der Waals surface area contributed by atoms with Crippen molar-refractivity contribution >= 4 is 5.78 Å². The number of carbonyl (C=O) groups is 1. The van der Waals surface area contributed by atoms with Gasteiger partial charge in [0.25, 0.3) is 0 Å². The van der Waals surface area contributed by atoms with E-state index in [1.165, 1.54) is 0 Å². The van der Waals surface area contributed by atoms with Gasteiger partial charge in [-0.2, -0.15) is 0 Å². The molecule has 6 nitrogen and oxygen atoms in total. The highest BCUT2D eigenvalue weighted by molar-refractivity contribution is 5.84. The number of hydrogen-bond acceptors (Lipinski definition) is 5. The second kappa shape index (κ2) is 7.19. The second-order valence-electron chi connectivity index (χ2n) is 7.59. The van der Waals surface area contributed by atoms with Crippen LogP contribution in [-0.4, -0.2) is 31.6 Å². The molecule has 1 aliphatic heterocycles. The molecule has 0 bridgehead atoms. The van der Waals surface area contributed by atoms with Crippen LogP contribution in [0.5, 0.6) is 5.88 Å². The molecule has 0 unspecified atom stereocenters. The zero-order valence-corrected chi connectivity index (χ0v) is 15.6. The number of Topliss-reactive ketones (excluding diaryl/α,β-unsaturated/α-hetero) is 1. The molecule has 5 rings (SSSR count). The largest absolute Gasteiger partial charge is 0.474 e. The van der Waals surface area contributed by atoms with Crippen molar-refractivity contribution in [3.8, 4) is 11.6 Å². The standard InChI is InChI=1S/C22H22N4O2/c27-17-13-16-5-1-2-6-19(16)26-20(14-17)24-25-22(26)15-8-10-18(11-9-15)28-21-7-3-4-12-23-21/h1-7,12,15,18H,8-11,13-14H2/t15-,18-. The van der Waals surface area contributed by atoms with Crippen molar-refractivity contribution < 1.29 is 9.53 Å². The highest BCUT2D eigenvalue weighted by atomic mass is 16.5. The lowest BCUT2D eigenvalue weighted by Crippen LogP contribution is -2.25. The summed E-state index contributed by atoms with van der Waals surface area (Å²) in [5.41, 5.74) is 2.11. The normalized spacial score (nSPS) is 21.5. The molecule has 2 aliphatic rings. The summed E-state index contributed by atoms with van der Waals surface area (Å²) in [6, 6.07) is 13.8. The fourth-order valence-corrected chi connectivity index (χ4v) is 4.33. The van der Waals surface area contributed by atoms with Crippen molar-refractivity contribution in [2.75, 3.05) is 0 Å². The van der Waals surface area contributed by atoms with Crippen LogP contribution in [0.25, 0.3) is 5.69 Å². The number of rotatable bonds is 3. The monoisotopic (exact) mass is 374 g/mol. The maximum absolute atomic E-state index is 12.3. The molecule has 0 spiro atoms. The first-order valence-electron chi connectivity index (χ1n) is 9.90. The number of aromatic nitrogens is 4. The van der Waals surface area contributed by atoms with E-state index >= 15 is 0 Å². The maximum atomic E-state index is 12.3. The Morgan fingerprint density at radius 2 is 1.75 bits per heavy atom. The van der Waals surface area contributed by atoms with Gasteiger partial charge in [0.05, 0.1) is 12.1 Å². The molecule has 1 saturated carbocycles. The minimum atomic E-state index is 0.187. The van der Waals surface area contributed by atoms with Gasteiger partial charge in [0, 0.05) is 24.6 Å². The number of benzene rings is 1. The van der Waals surface area contributed by atoms with E-state index in [4.69, 9.17) is 4.74 Å². The average Bonchev–Trinajstić information content (AvgIpc) is 3.06. The molecule has 142 valence electrons. The highest BCUT2D eigenvalue weighted by Crippen LogP contribution is 2.36. The minimum Gasteiger partial charge on any atom is -0.474 e. The molecule has 0 radical (unpaired) electrons. The van der Waals surface area contributed by atoms with E-state index < -0.39 is 0 Å². The topological polar surface area (TPSA) is 69.9 Å². The van der Waals surface area contributed by atoms with E-state index in [1.807, 2.05) is 36.4 Å². The van der Waals surface area contributed by atoms with Crippen molar-refractivity contribution in [3.05, 3.63) is 65.9 Å². The molecule has 3 aromatic rings. The lowest BCUT2D eigenvalue weighted by molar-refractivity contribution is -0.117. The van der Waals surface area contributed by atoms with Gasteiger partial charge in [-0.25, -0.2) is 4.98 Å². The molecule has 2 aromatic heterocycles. The number of para-hydroxylation sites is 1. The predicted molar refractivity (Wildman–Crippen MR) is 104 cm³/mol. The zero-order chi connectivity index (χ0) is 18.9. The van der Waals surface area contributed by atoms with E-state index in [1.54, 1.807) is 6.20 Å². The van der Waals surface area contributed by atoms with Crippen LogP contribution in [0.15, 0.2) is 48.7 Å². The van der Waals surface area contributed by atoms with Crippen LogP contribution < -0.4 is 4.74 Å². The Bertz CT molecular complexity index is 991. The van der Waals surface area contributed by atoms with Gasteiger partial charge < -0.3 is 4.74 Å². The van der Waals surface area contributed by atoms with E-state index in [2.05, 4.69) is 25.8 Å². The predicted octanol–water partition coefficient (Wildman–Crippen LogP) is 3.44. The number of fused-ring (bicyclic) bond motifs is 3. The molecule has 1 aliphatic carbocycles. The molecule has 0 N–H and O–H groups in total. The van der Waals surface area contributed by atoms with Gasteiger partial charge in [-0.3, -0.25) is 9.36 Å².